The van der Waals surface area contributed by atoms with Gasteiger partial charge in [0, 0.05) is 18.5 Å². The first-order valence-electron chi connectivity index (χ1n) is 7.12. The van der Waals surface area contributed by atoms with Gasteiger partial charge >= 0.3 is 5.97 Å². The number of sulfonamides is 1. The summed E-state index contributed by atoms with van der Waals surface area (Å²) in [6.45, 7) is 2.17. The van der Waals surface area contributed by atoms with Crippen molar-refractivity contribution in [3.8, 4) is 0 Å². The van der Waals surface area contributed by atoms with E-state index in [1.807, 2.05) is 0 Å². The smallest absolute Gasteiger partial charge is 0.345 e. The van der Waals surface area contributed by atoms with Gasteiger partial charge in [0.15, 0.2) is 0 Å². The van der Waals surface area contributed by atoms with E-state index in [9.17, 15) is 13.2 Å². The predicted octanol–water partition coefficient (Wildman–Crippen LogP) is 2.96. The molecule has 0 atom stereocenters. The molecule has 0 radical (unpaired) electrons. The normalized spacial score (nSPS) is 17.3. The van der Waals surface area contributed by atoms with Crippen LogP contribution in [0.4, 0.5) is 0 Å². The summed E-state index contributed by atoms with van der Waals surface area (Å²) in [4.78, 5) is 11.7. The standard InChI is InChI=1S/C14H21NO4S2/c1-10-13(8-12(20-10)14(16)17)21(18,19)15(2)9-11-6-4-3-5-7-11/h8,11H,3-7,9H2,1-2H3,(H,16,17). The molecule has 1 aromatic heterocycles. The van der Waals surface area contributed by atoms with Crippen molar-refractivity contribution in [1.29, 1.82) is 0 Å². The Morgan fingerprint density at radius 3 is 2.52 bits per heavy atom. The number of hydrogen-bond donors (Lipinski definition) is 1. The SMILES string of the molecule is Cc1sc(C(=O)O)cc1S(=O)(=O)N(C)CC1CCCCC1. The Kier molecular flexibility index (Phi) is 5.06. The summed E-state index contributed by atoms with van der Waals surface area (Å²) in [5, 5.41) is 8.99. The first-order valence-corrected chi connectivity index (χ1v) is 9.38. The van der Waals surface area contributed by atoms with Crippen LogP contribution in [0.5, 0.6) is 0 Å². The zero-order valence-electron chi connectivity index (χ0n) is 12.3. The van der Waals surface area contributed by atoms with E-state index in [2.05, 4.69) is 0 Å². The molecule has 5 nitrogen and oxygen atoms in total. The number of carbonyl (C=O) groups is 1. The quantitative estimate of drug-likeness (QED) is 0.900. The number of hydrogen-bond acceptors (Lipinski definition) is 4. The van der Waals surface area contributed by atoms with Crippen molar-refractivity contribution in [2.75, 3.05) is 13.6 Å². The van der Waals surface area contributed by atoms with Gasteiger partial charge in [0.25, 0.3) is 0 Å². The van der Waals surface area contributed by atoms with Crippen LogP contribution < -0.4 is 0 Å². The van der Waals surface area contributed by atoms with E-state index >= 15 is 0 Å². The van der Waals surface area contributed by atoms with Crippen LogP contribution in [-0.4, -0.2) is 37.4 Å². The average Bonchev–Trinajstić information content (AvgIpc) is 2.83. The minimum absolute atomic E-state index is 0.0668. The monoisotopic (exact) mass is 331 g/mol. The van der Waals surface area contributed by atoms with E-state index in [0.717, 1.165) is 24.2 Å². The van der Waals surface area contributed by atoms with Gasteiger partial charge in [0.2, 0.25) is 10.0 Å². The van der Waals surface area contributed by atoms with Crippen LogP contribution in [0.1, 0.15) is 46.7 Å². The molecule has 2 rings (SSSR count). The zero-order valence-corrected chi connectivity index (χ0v) is 14.0. The van der Waals surface area contributed by atoms with Gasteiger partial charge in [0.05, 0.1) is 4.90 Å². The lowest BCUT2D eigenvalue weighted by molar-refractivity contribution is 0.0702. The molecule has 0 amide bonds. The summed E-state index contributed by atoms with van der Waals surface area (Å²) in [5.41, 5.74) is 0. The fourth-order valence-corrected chi connectivity index (χ4v) is 5.47. The van der Waals surface area contributed by atoms with Crippen molar-refractivity contribution in [2.24, 2.45) is 5.92 Å². The van der Waals surface area contributed by atoms with Crippen molar-refractivity contribution < 1.29 is 18.3 Å². The van der Waals surface area contributed by atoms with Gasteiger partial charge < -0.3 is 5.11 Å². The first-order chi connectivity index (χ1) is 9.82. The summed E-state index contributed by atoms with van der Waals surface area (Å²) in [6.07, 6.45) is 5.71. The second-order valence-electron chi connectivity index (χ2n) is 5.63. The molecule has 7 heteroatoms. The highest BCUT2D eigenvalue weighted by Crippen LogP contribution is 2.30. The largest absolute Gasteiger partial charge is 0.477 e. The maximum atomic E-state index is 12.6. The number of aromatic carboxylic acids is 1. The molecular weight excluding hydrogens is 310 g/mol. The Hall–Kier alpha value is -0.920. The Morgan fingerprint density at radius 2 is 2.00 bits per heavy atom. The van der Waals surface area contributed by atoms with Gasteiger partial charge in [0.1, 0.15) is 4.88 Å². The summed E-state index contributed by atoms with van der Waals surface area (Å²) in [5.74, 6) is -0.670. The Morgan fingerprint density at radius 1 is 1.38 bits per heavy atom. The van der Waals surface area contributed by atoms with Gasteiger partial charge in [-0.1, -0.05) is 19.3 Å². The first kappa shape index (κ1) is 16.5. The van der Waals surface area contributed by atoms with E-state index in [1.54, 1.807) is 14.0 Å². The van der Waals surface area contributed by atoms with Crippen LogP contribution in [-0.2, 0) is 10.0 Å². The van der Waals surface area contributed by atoms with Crippen molar-refractivity contribution in [3.05, 3.63) is 15.8 Å². The minimum atomic E-state index is -3.60. The Labute approximate surface area is 129 Å². The van der Waals surface area contributed by atoms with E-state index in [0.29, 0.717) is 17.3 Å². The Balaban J connectivity index is 2.18. The summed E-state index contributed by atoms with van der Waals surface area (Å²) in [6, 6.07) is 1.27. The van der Waals surface area contributed by atoms with Crippen LogP contribution in [0.25, 0.3) is 0 Å². The Bertz CT molecular complexity index is 615. The lowest BCUT2D eigenvalue weighted by Crippen LogP contribution is -2.32. The van der Waals surface area contributed by atoms with Crippen LogP contribution in [0.3, 0.4) is 0 Å². The summed E-state index contributed by atoms with van der Waals surface area (Å²) in [7, 11) is -2.02. The summed E-state index contributed by atoms with van der Waals surface area (Å²) >= 11 is 1.01. The molecule has 118 valence electrons. The number of carboxylic acids is 1. The second-order valence-corrected chi connectivity index (χ2v) is 8.90. The van der Waals surface area contributed by atoms with Crippen LogP contribution in [0, 0.1) is 12.8 Å². The molecule has 1 fully saturated rings. The molecule has 0 spiro atoms. The minimum Gasteiger partial charge on any atom is -0.477 e. The van der Waals surface area contributed by atoms with Gasteiger partial charge in [-0.05, 0) is 31.7 Å². The molecule has 0 saturated heterocycles. The molecule has 1 saturated carbocycles. The third-order valence-electron chi connectivity index (χ3n) is 4.01. The average molecular weight is 331 g/mol. The maximum absolute atomic E-state index is 12.6. The van der Waals surface area contributed by atoms with Gasteiger partial charge in [-0.15, -0.1) is 11.3 Å². The molecular formula is C14H21NO4S2. The highest BCUT2D eigenvalue weighted by atomic mass is 32.2. The van der Waals surface area contributed by atoms with Gasteiger partial charge in [-0.2, -0.15) is 0 Å². The molecule has 0 aliphatic heterocycles. The number of nitrogens with zero attached hydrogens (tertiary/aromatic N) is 1. The highest BCUT2D eigenvalue weighted by Gasteiger charge is 2.28. The number of aryl methyl sites for hydroxylation is 1. The van der Waals surface area contributed by atoms with Crippen molar-refractivity contribution in [1.82, 2.24) is 4.31 Å². The van der Waals surface area contributed by atoms with E-state index < -0.39 is 16.0 Å². The zero-order chi connectivity index (χ0) is 15.6. The molecule has 0 unspecified atom stereocenters. The number of thiophene rings is 1. The molecule has 21 heavy (non-hydrogen) atoms. The molecule has 1 aromatic rings. The second kappa shape index (κ2) is 6.46. The van der Waals surface area contributed by atoms with E-state index in [-0.39, 0.29) is 9.77 Å². The molecule has 0 aromatic carbocycles. The number of rotatable bonds is 5. The molecule has 1 aliphatic rings. The maximum Gasteiger partial charge on any atom is 0.345 e. The fourth-order valence-electron chi connectivity index (χ4n) is 2.83. The third-order valence-corrected chi connectivity index (χ3v) is 7.13. The molecule has 0 bridgehead atoms. The predicted molar refractivity (Wildman–Crippen MR) is 82.4 cm³/mol. The fraction of sp³-hybridized carbons (Fsp3) is 0.643. The summed E-state index contributed by atoms with van der Waals surface area (Å²) < 4.78 is 26.6. The van der Waals surface area contributed by atoms with Crippen LogP contribution in [0.2, 0.25) is 0 Å². The molecule has 1 aliphatic carbocycles. The van der Waals surface area contributed by atoms with Crippen molar-refractivity contribution in [2.45, 2.75) is 43.9 Å². The van der Waals surface area contributed by atoms with E-state index in [4.69, 9.17) is 5.11 Å². The molecule has 1 N–H and O–H groups in total. The lowest BCUT2D eigenvalue weighted by atomic mass is 9.89. The van der Waals surface area contributed by atoms with E-state index in [1.165, 1.54) is 29.6 Å². The lowest BCUT2D eigenvalue weighted by Gasteiger charge is -2.26. The highest BCUT2D eigenvalue weighted by molar-refractivity contribution is 7.89. The van der Waals surface area contributed by atoms with Crippen LogP contribution in [0.15, 0.2) is 11.0 Å². The topological polar surface area (TPSA) is 74.7 Å². The number of carboxylic acid groups (broad SMARTS) is 1. The van der Waals surface area contributed by atoms with Gasteiger partial charge in [-0.3, -0.25) is 0 Å². The van der Waals surface area contributed by atoms with Gasteiger partial charge in [-0.25, -0.2) is 17.5 Å². The van der Waals surface area contributed by atoms with Crippen molar-refractivity contribution >= 4 is 27.3 Å². The third kappa shape index (κ3) is 3.64. The van der Waals surface area contributed by atoms with Crippen LogP contribution >= 0.6 is 11.3 Å². The molecule has 1 heterocycles. The van der Waals surface area contributed by atoms with Crippen molar-refractivity contribution in [3.63, 3.8) is 0 Å².